The maximum atomic E-state index is 12.6. The second kappa shape index (κ2) is 7.51. The first-order valence-electron chi connectivity index (χ1n) is 8.25. The molecule has 1 unspecified atom stereocenters. The predicted molar refractivity (Wildman–Crippen MR) is 101 cm³/mol. The van der Waals surface area contributed by atoms with E-state index in [2.05, 4.69) is 14.7 Å². The lowest BCUT2D eigenvalue weighted by Crippen LogP contribution is -2.28. The Hall–Kier alpha value is -1.96. The fourth-order valence-corrected chi connectivity index (χ4v) is 5.14. The zero-order valence-corrected chi connectivity index (χ0v) is 15.8. The molecule has 0 spiro atoms. The van der Waals surface area contributed by atoms with Crippen molar-refractivity contribution in [1.29, 1.82) is 0 Å². The predicted octanol–water partition coefficient (Wildman–Crippen LogP) is 4.13. The topological polar surface area (TPSA) is 74.8 Å². The van der Waals surface area contributed by atoms with E-state index >= 15 is 0 Å². The van der Waals surface area contributed by atoms with Crippen LogP contribution in [0, 0.1) is 0 Å². The van der Waals surface area contributed by atoms with Crippen LogP contribution in [0.1, 0.15) is 37.0 Å². The number of nitrogens with one attached hydrogen (secondary N) is 2. The van der Waals surface area contributed by atoms with E-state index in [1.165, 1.54) is 11.3 Å². The van der Waals surface area contributed by atoms with Gasteiger partial charge in [-0.3, -0.25) is 0 Å². The van der Waals surface area contributed by atoms with Crippen molar-refractivity contribution in [2.24, 2.45) is 0 Å². The summed E-state index contributed by atoms with van der Waals surface area (Å²) >= 11 is 1.31. The minimum absolute atomic E-state index is 0.345. The molecule has 25 heavy (non-hydrogen) atoms. The molecule has 0 aliphatic heterocycles. The number of aryl methyl sites for hydroxylation is 1. The van der Waals surface area contributed by atoms with Gasteiger partial charge in [0, 0.05) is 4.88 Å². The van der Waals surface area contributed by atoms with Gasteiger partial charge in [0.05, 0.1) is 17.9 Å². The lowest BCUT2D eigenvalue weighted by molar-refractivity contribution is 0.541. The van der Waals surface area contributed by atoms with Crippen LogP contribution >= 0.6 is 11.3 Å². The van der Waals surface area contributed by atoms with Crippen LogP contribution in [-0.2, 0) is 16.4 Å². The van der Waals surface area contributed by atoms with Gasteiger partial charge in [-0.1, -0.05) is 44.2 Å². The molecule has 3 aromatic rings. The normalized spacial score (nSPS) is 13.0. The first-order chi connectivity index (χ1) is 12.0. The number of hydrogen-bond donors (Lipinski definition) is 2. The molecule has 7 heteroatoms. The van der Waals surface area contributed by atoms with Gasteiger partial charge in [-0.2, -0.15) is 4.72 Å². The molecule has 2 N–H and O–H groups in total. The minimum Gasteiger partial charge on any atom is -0.341 e. The number of aromatic amines is 1. The molecule has 0 aliphatic rings. The largest absolute Gasteiger partial charge is 0.341 e. The number of aromatic nitrogens is 2. The molecule has 0 bridgehead atoms. The van der Waals surface area contributed by atoms with Crippen LogP contribution in [0.5, 0.6) is 0 Å². The summed E-state index contributed by atoms with van der Waals surface area (Å²) in [7, 11) is -3.56. The third-order valence-corrected chi connectivity index (χ3v) is 7.16. The van der Waals surface area contributed by atoms with Gasteiger partial charge in [0.25, 0.3) is 10.0 Å². The molecule has 1 atom stereocenters. The molecule has 2 aromatic heterocycles. The molecule has 132 valence electrons. The van der Waals surface area contributed by atoms with Crippen LogP contribution in [0.3, 0.4) is 0 Å². The van der Waals surface area contributed by atoms with Crippen LogP contribution < -0.4 is 4.72 Å². The van der Waals surface area contributed by atoms with E-state index in [0.717, 1.165) is 22.6 Å². The summed E-state index contributed by atoms with van der Waals surface area (Å²) in [4.78, 5) is 8.67. The van der Waals surface area contributed by atoms with Gasteiger partial charge in [-0.15, -0.1) is 11.3 Å². The number of rotatable bonds is 7. The average molecular weight is 376 g/mol. The van der Waals surface area contributed by atoms with E-state index in [1.54, 1.807) is 12.3 Å². The fourth-order valence-electron chi connectivity index (χ4n) is 2.55. The number of sulfonamides is 1. The minimum atomic E-state index is -3.56. The van der Waals surface area contributed by atoms with E-state index in [0.29, 0.717) is 16.5 Å². The molecular formula is C18H21N3O2S2. The molecule has 0 amide bonds. The number of H-pyrrole nitrogens is 1. The summed E-state index contributed by atoms with van der Waals surface area (Å²) in [6, 6.07) is 13.0. The van der Waals surface area contributed by atoms with Crippen LogP contribution in [-0.4, -0.2) is 18.4 Å². The highest BCUT2D eigenvalue weighted by atomic mass is 32.2. The highest BCUT2D eigenvalue weighted by Gasteiger charge is 2.23. The molecule has 0 saturated heterocycles. The lowest BCUT2D eigenvalue weighted by atomic mass is 10.2. The van der Waals surface area contributed by atoms with Crippen molar-refractivity contribution >= 4 is 21.4 Å². The molecule has 0 radical (unpaired) electrons. The number of thiophene rings is 1. The Morgan fingerprint density at radius 1 is 1.16 bits per heavy atom. The van der Waals surface area contributed by atoms with Gasteiger partial charge in [0.15, 0.2) is 0 Å². The zero-order valence-electron chi connectivity index (χ0n) is 14.2. The standard InChI is InChI=1S/C18H21N3O2S2/c1-3-14-10-11-17(24-14)25(22,23)21-15(4-2)18-19-12-16(20-18)13-8-6-5-7-9-13/h5-12,15,21H,3-4H2,1-2H3,(H,19,20). The summed E-state index contributed by atoms with van der Waals surface area (Å²) in [6.45, 7) is 3.95. The van der Waals surface area contributed by atoms with Gasteiger partial charge in [0.1, 0.15) is 10.0 Å². The average Bonchev–Trinajstić information content (AvgIpc) is 3.30. The zero-order chi connectivity index (χ0) is 17.9. The van der Waals surface area contributed by atoms with Gasteiger partial charge >= 0.3 is 0 Å². The van der Waals surface area contributed by atoms with Crippen molar-refractivity contribution < 1.29 is 8.42 Å². The summed E-state index contributed by atoms with van der Waals surface area (Å²) in [6.07, 6.45) is 3.17. The molecule has 2 heterocycles. The number of nitrogens with zero attached hydrogens (tertiary/aromatic N) is 1. The van der Waals surface area contributed by atoms with Crippen molar-refractivity contribution in [2.45, 2.75) is 36.9 Å². The first kappa shape index (κ1) is 17.8. The van der Waals surface area contributed by atoms with Gasteiger partial charge in [-0.25, -0.2) is 13.4 Å². The van der Waals surface area contributed by atoms with Crippen LogP contribution in [0.2, 0.25) is 0 Å². The third kappa shape index (κ3) is 4.00. The Kier molecular flexibility index (Phi) is 5.36. The number of benzene rings is 1. The number of imidazole rings is 1. The maximum absolute atomic E-state index is 12.6. The van der Waals surface area contributed by atoms with Crippen molar-refractivity contribution in [3.63, 3.8) is 0 Å². The van der Waals surface area contributed by atoms with Crippen molar-refractivity contribution in [1.82, 2.24) is 14.7 Å². The summed E-state index contributed by atoms with van der Waals surface area (Å²) in [5, 5.41) is 0. The van der Waals surface area contributed by atoms with Gasteiger partial charge in [0.2, 0.25) is 0 Å². The Morgan fingerprint density at radius 2 is 1.92 bits per heavy atom. The Morgan fingerprint density at radius 3 is 2.56 bits per heavy atom. The Bertz CT molecular complexity index is 930. The fraction of sp³-hybridized carbons (Fsp3) is 0.278. The SMILES string of the molecule is CCc1ccc(S(=O)(=O)NC(CC)c2ncc(-c3ccccc3)[nH]2)s1. The second-order valence-electron chi connectivity index (χ2n) is 5.70. The quantitative estimate of drug-likeness (QED) is 0.652. The molecule has 0 aliphatic carbocycles. The summed E-state index contributed by atoms with van der Waals surface area (Å²) < 4.78 is 28.4. The van der Waals surface area contributed by atoms with Crippen LogP contribution in [0.25, 0.3) is 11.3 Å². The van der Waals surface area contributed by atoms with E-state index in [1.807, 2.05) is 50.2 Å². The number of hydrogen-bond acceptors (Lipinski definition) is 4. The van der Waals surface area contributed by atoms with E-state index in [-0.39, 0.29) is 0 Å². The third-order valence-electron chi connectivity index (χ3n) is 3.97. The first-order valence-corrected chi connectivity index (χ1v) is 10.5. The Balaban J connectivity index is 1.82. The Labute approximate surface area is 152 Å². The van der Waals surface area contributed by atoms with Crippen molar-refractivity contribution in [3.8, 4) is 11.3 Å². The summed E-state index contributed by atoms with van der Waals surface area (Å²) in [5.74, 6) is 0.622. The van der Waals surface area contributed by atoms with Crippen molar-refractivity contribution in [3.05, 3.63) is 59.4 Å². The van der Waals surface area contributed by atoms with Gasteiger partial charge < -0.3 is 4.98 Å². The lowest BCUT2D eigenvalue weighted by Gasteiger charge is -2.14. The molecule has 0 saturated carbocycles. The highest BCUT2D eigenvalue weighted by molar-refractivity contribution is 7.91. The molecule has 1 aromatic carbocycles. The molecule has 3 rings (SSSR count). The monoisotopic (exact) mass is 375 g/mol. The van der Waals surface area contributed by atoms with E-state index in [4.69, 9.17) is 0 Å². The maximum Gasteiger partial charge on any atom is 0.250 e. The van der Waals surface area contributed by atoms with E-state index < -0.39 is 16.1 Å². The van der Waals surface area contributed by atoms with Crippen LogP contribution in [0.15, 0.2) is 52.9 Å². The van der Waals surface area contributed by atoms with Gasteiger partial charge in [-0.05, 0) is 30.5 Å². The highest BCUT2D eigenvalue weighted by Crippen LogP contribution is 2.25. The second-order valence-corrected chi connectivity index (χ2v) is 8.81. The molecular weight excluding hydrogens is 354 g/mol. The van der Waals surface area contributed by atoms with Crippen LogP contribution in [0.4, 0.5) is 0 Å². The summed E-state index contributed by atoms with van der Waals surface area (Å²) in [5.41, 5.74) is 1.89. The van der Waals surface area contributed by atoms with Crippen molar-refractivity contribution in [2.75, 3.05) is 0 Å². The van der Waals surface area contributed by atoms with E-state index in [9.17, 15) is 8.42 Å². The molecule has 0 fully saturated rings. The molecule has 5 nitrogen and oxygen atoms in total. The smallest absolute Gasteiger partial charge is 0.250 e.